The third-order valence-electron chi connectivity index (χ3n) is 3.35. The Kier molecular flexibility index (Phi) is 3.44. The lowest BCUT2D eigenvalue weighted by Crippen LogP contribution is -2.39. The quantitative estimate of drug-likeness (QED) is 0.456. The molecule has 6 heteroatoms. The average Bonchev–Trinajstić information content (AvgIpc) is 2.81. The number of aromatic nitrogens is 2. The van der Waals surface area contributed by atoms with Crippen molar-refractivity contribution in [2.45, 2.75) is 38.1 Å². The monoisotopic (exact) mass is 237 g/mol. The Balaban J connectivity index is 2.22. The van der Waals surface area contributed by atoms with Crippen molar-refractivity contribution in [3.8, 4) is 0 Å². The van der Waals surface area contributed by atoms with Crippen molar-refractivity contribution in [1.82, 2.24) is 9.97 Å². The largest absolute Gasteiger partial charge is 0.394 e. The van der Waals surface area contributed by atoms with Crippen molar-refractivity contribution < 1.29 is 5.11 Å². The predicted molar refractivity (Wildman–Crippen MR) is 66.5 cm³/mol. The van der Waals surface area contributed by atoms with Gasteiger partial charge in [0.15, 0.2) is 0 Å². The highest BCUT2D eigenvalue weighted by atomic mass is 16.3. The van der Waals surface area contributed by atoms with Crippen molar-refractivity contribution in [3.63, 3.8) is 0 Å². The minimum atomic E-state index is -0.231. The van der Waals surface area contributed by atoms with E-state index in [1.807, 2.05) is 6.92 Å². The topological polar surface area (TPSA) is 96.1 Å². The maximum absolute atomic E-state index is 9.55. The molecule has 1 fully saturated rings. The van der Waals surface area contributed by atoms with Crippen molar-refractivity contribution in [2.24, 2.45) is 5.84 Å². The van der Waals surface area contributed by atoms with Gasteiger partial charge in [0.1, 0.15) is 5.82 Å². The van der Waals surface area contributed by atoms with E-state index in [0.29, 0.717) is 5.95 Å². The first kappa shape index (κ1) is 12.1. The zero-order valence-corrected chi connectivity index (χ0v) is 10.0. The second-order valence-electron chi connectivity index (χ2n) is 4.64. The standard InChI is InChI=1S/C11H19N5O/c1-8-6-13-10(16-12)14-9(8)15-11(7-17)4-2-3-5-11/h6,17H,2-5,7,12H2,1H3,(H2,13,14,15,16). The van der Waals surface area contributed by atoms with Crippen LogP contribution in [0.2, 0.25) is 0 Å². The second-order valence-corrected chi connectivity index (χ2v) is 4.64. The van der Waals surface area contributed by atoms with Gasteiger partial charge < -0.3 is 10.4 Å². The molecule has 0 spiro atoms. The summed E-state index contributed by atoms with van der Waals surface area (Å²) in [7, 11) is 0. The first-order chi connectivity index (χ1) is 8.19. The molecule has 5 N–H and O–H groups in total. The van der Waals surface area contributed by atoms with E-state index in [2.05, 4.69) is 20.7 Å². The molecule has 1 aliphatic rings. The third kappa shape index (κ3) is 2.48. The SMILES string of the molecule is Cc1cnc(NN)nc1NC1(CO)CCCC1. The Morgan fingerprint density at radius 2 is 2.18 bits per heavy atom. The first-order valence-electron chi connectivity index (χ1n) is 5.88. The zero-order chi connectivity index (χ0) is 12.3. The van der Waals surface area contributed by atoms with Crippen LogP contribution < -0.4 is 16.6 Å². The number of nitrogens with two attached hydrogens (primary N) is 1. The van der Waals surface area contributed by atoms with Gasteiger partial charge >= 0.3 is 0 Å². The molecule has 1 heterocycles. The van der Waals surface area contributed by atoms with E-state index in [1.54, 1.807) is 6.20 Å². The van der Waals surface area contributed by atoms with Gasteiger partial charge in [-0.1, -0.05) is 12.8 Å². The van der Waals surface area contributed by atoms with Gasteiger partial charge in [-0.2, -0.15) is 4.98 Å². The Bertz CT molecular complexity index is 389. The Labute approximate surface area is 101 Å². The number of hydrazine groups is 1. The summed E-state index contributed by atoms with van der Waals surface area (Å²) in [6, 6.07) is 0. The van der Waals surface area contributed by atoms with Crippen LogP contribution in [-0.4, -0.2) is 27.2 Å². The lowest BCUT2D eigenvalue weighted by atomic mass is 9.99. The van der Waals surface area contributed by atoms with E-state index in [4.69, 9.17) is 5.84 Å². The minimum Gasteiger partial charge on any atom is -0.394 e. The molecule has 1 aliphatic carbocycles. The number of aliphatic hydroxyl groups excluding tert-OH is 1. The van der Waals surface area contributed by atoms with E-state index in [9.17, 15) is 5.11 Å². The van der Waals surface area contributed by atoms with Crippen LogP contribution in [0, 0.1) is 6.92 Å². The van der Waals surface area contributed by atoms with Crippen LogP contribution >= 0.6 is 0 Å². The zero-order valence-electron chi connectivity index (χ0n) is 10.0. The van der Waals surface area contributed by atoms with Crippen LogP contribution in [0.25, 0.3) is 0 Å². The van der Waals surface area contributed by atoms with Gasteiger partial charge in [0.25, 0.3) is 0 Å². The van der Waals surface area contributed by atoms with Crippen molar-refractivity contribution in [1.29, 1.82) is 0 Å². The number of hydrogen-bond acceptors (Lipinski definition) is 6. The number of aliphatic hydroxyl groups is 1. The second kappa shape index (κ2) is 4.85. The smallest absolute Gasteiger partial charge is 0.239 e. The summed E-state index contributed by atoms with van der Waals surface area (Å²) in [6.07, 6.45) is 5.93. The van der Waals surface area contributed by atoms with E-state index in [-0.39, 0.29) is 12.1 Å². The Morgan fingerprint density at radius 3 is 2.76 bits per heavy atom. The number of nitrogen functional groups attached to an aromatic ring is 1. The minimum absolute atomic E-state index is 0.127. The molecule has 0 radical (unpaired) electrons. The molecule has 0 bridgehead atoms. The van der Waals surface area contributed by atoms with Crippen molar-refractivity contribution >= 4 is 11.8 Å². The summed E-state index contributed by atoms with van der Waals surface area (Å²) in [5, 5.41) is 12.9. The van der Waals surface area contributed by atoms with E-state index in [0.717, 1.165) is 37.1 Å². The van der Waals surface area contributed by atoms with Gasteiger partial charge in [-0.25, -0.2) is 10.8 Å². The van der Waals surface area contributed by atoms with Crippen LogP contribution in [-0.2, 0) is 0 Å². The molecule has 1 saturated carbocycles. The maximum Gasteiger partial charge on any atom is 0.239 e. The Hall–Kier alpha value is -1.40. The molecule has 0 saturated heterocycles. The van der Waals surface area contributed by atoms with Crippen LogP contribution in [0.5, 0.6) is 0 Å². The molecule has 94 valence electrons. The maximum atomic E-state index is 9.55. The highest BCUT2D eigenvalue weighted by Crippen LogP contribution is 2.33. The lowest BCUT2D eigenvalue weighted by molar-refractivity contribution is 0.213. The number of anilines is 2. The molecule has 1 aromatic rings. The molecule has 0 aromatic carbocycles. The van der Waals surface area contributed by atoms with Crippen LogP contribution in [0.1, 0.15) is 31.2 Å². The molecular weight excluding hydrogens is 218 g/mol. The van der Waals surface area contributed by atoms with Gasteiger partial charge in [-0.3, -0.25) is 5.43 Å². The first-order valence-corrected chi connectivity index (χ1v) is 5.88. The van der Waals surface area contributed by atoms with Crippen molar-refractivity contribution in [3.05, 3.63) is 11.8 Å². The molecule has 2 rings (SSSR count). The highest BCUT2D eigenvalue weighted by Gasteiger charge is 2.33. The summed E-state index contributed by atoms with van der Waals surface area (Å²) < 4.78 is 0. The van der Waals surface area contributed by atoms with Gasteiger partial charge in [-0.15, -0.1) is 0 Å². The van der Waals surface area contributed by atoms with E-state index in [1.165, 1.54) is 0 Å². The number of nitrogens with one attached hydrogen (secondary N) is 2. The van der Waals surface area contributed by atoms with Gasteiger partial charge in [0.2, 0.25) is 5.95 Å². The molecule has 6 nitrogen and oxygen atoms in total. The van der Waals surface area contributed by atoms with Gasteiger partial charge in [0, 0.05) is 11.8 Å². The summed E-state index contributed by atoms with van der Waals surface area (Å²) in [5.74, 6) is 6.41. The molecular formula is C11H19N5O. The summed E-state index contributed by atoms with van der Waals surface area (Å²) in [6.45, 7) is 2.06. The van der Waals surface area contributed by atoms with Crippen molar-refractivity contribution in [2.75, 3.05) is 17.3 Å². The average molecular weight is 237 g/mol. The normalized spacial score (nSPS) is 18.1. The molecule has 0 atom stereocenters. The number of nitrogens with zero attached hydrogens (tertiary/aromatic N) is 2. The third-order valence-corrected chi connectivity index (χ3v) is 3.35. The van der Waals surface area contributed by atoms with Crippen LogP contribution in [0.15, 0.2) is 6.20 Å². The van der Waals surface area contributed by atoms with Crippen LogP contribution in [0.4, 0.5) is 11.8 Å². The highest BCUT2D eigenvalue weighted by molar-refractivity contribution is 5.48. The number of rotatable bonds is 4. The summed E-state index contributed by atoms with van der Waals surface area (Å²) >= 11 is 0. The van der Waals surface area contributed by atoms with E-state index >= 15 is 0 Å². The Morgan fingerprint density at radius 1 is 1.47 bits per heavy atom. The molecule has 1 aromatic heterocycles. The summed E-state index contributed by atoms with van der Waals surface area (Å²) in [4.78, 5) is 8.31. The molecule has 0 aliphatic heterocycles. The lowest BCUT2D eigenvalue weighted by Gasteiger charge is -2.29. The van der Waals surface area contributed by atoms with E-state index < -0.39 is 0 Å². The van der Waals surface area contributed by atoms with Gasteiger partial charge in [0.05, 0.1) is 12.1 Å². The fourth-order valence-corrected chi connectivity index (χ4v) is 2.26. The van der Waals surface area contributed by atoms with Crippen LogP contribution in [0.3, 0.4) is 0 Å². The van der Waals surface area contributed by atoms with Gasteiger partial charge in [-0.05, 0) is 19.8 Å². The molecule has 17 heavy (non-hydrogen) atoms. The molecule has 0 amide bonds. The number of hydrogen-bond donors (Lipinski definition) is 4. The fourth-order valence-electron chi connectivity index (χ4n) is 2.26. The predicted octanol–water partition coefficient (Wildman–Crippen LogP) is 0.788. The summed E-state index contributed by atoms with van der Waals surface area (Å²) in [5.41, 5.74) is 3.14. The number of aryl methyl sites for hydroxylation is 1. The fraction of sp³-hybridized carbons (Fsp3) is 0.636. The molecule has 0 unspecified atom stereocenters.